The quantitative estimate of drug-likeness (QED) is 0.761. The largest absolute Gasteiger partial charge is 0.493 e. The summed E-state index contributed by atoms with van der Waals surface area (Å²) in [6, 6.07) is 8.05. The Morgan fingerprint density at radius 3 is 3.12 bits per heavy atom. The van der Waals surface area contributed by atoms with Gasteiger partial charge in [-0.1, -0.05) is 18.2 Å². The van der Waals surface area contributed by atoms with Crippen LogP contribution in [0.5, 0.6) is 5.75 Å². The lowest BCUT2D eigenvalue weighted by Crippen LogP contribution is -2.27. The third kappa shape index (κ3) is 3.20. The third-order valence-corrected chi connectivity index (χ3v) is 2.99. The monoisotopic (exact) mass is 235 g/mol. The zero-order valence-corrected chi connectivity index (χ0v) is 9.69. The van der Waals surface area contributed by atoms with Gasteiger partial charge in [0.25, 0.3) is 0 Å². The SMILES string of the molecule is O=C(O)CCNCC1CCOc2ccccc21. The van der Waals surface area contributed by atoms with Crippen molar-refractivity contribution in [2.24, 2.45) is 0 Å². The zero-order valence-electron chi connectivity index (χ0n) is 9.69. The average molecular weight is 235 g/mol. The molecular formula is C13H17NO3. The first-order chi connectivity index (χ1) is 8.27. The van der Waals surface area contributed by atoms with Gasteiger partial charge in [-0.2, -0.15) is 0 Å². The van der Waals surface area contributed by atoms with E-state index in [0.29, 0.717) is 12.5 Å². The number of hydrogen-bond donors (Lipinski definition) is 2. The highest BCUT2D eigenvalue weighted by Crippen LogP contribution is 2.32. The molecule has 1 aliphatic rings. The van der Waals surface area contributed by atoms with E-state index >= 15 is 0 Å². The second kappa shape index (κ2) is 5.68. The van der Waals surface area contributed by atoms with Crippen molar-refractivity contribution < 1.29 is 14.6 Å². The average Bonchev–Trinajstić information content (AvgIpc) is 2.34. The lowest BCUT2D eigenvalue weighted by atomic mass is 9.93. The van der Waals surface area contributed by atoms with Crippen molar-refractivity contribution in [2.45, 2.75) is 18.8 Å². The van der Waals surface area contributed by atoms with E-state index in [1.54, 1.807) is 0 Å². The number of benzene rings is 1. The van der Waals surface area contributed by atoms with Gasteiger partial charge < -0.3 is 15.2 Å². The smallest absolute Gasteiger partial charge is 0.304 e. The molecule has 1 heterocycles. The molecule has 0 saturated carbocycles. The van der Waals surface area contributed by atoms with Crippen LogP contribution in [-0.4, -0.2) is 30.8 Å². The van der Waals surface area contributed by atoms with Crippen molar-refractivity contribution in [1.29, 1.82) is 0 Å². The Morgan fingerprint density at radius 2 is 2.29 bits per heavy atom. The number of rotatable bonds is 5. The molecule has 0 aromatic heterocycles. The maximum absolute atomic E-state index is 10.4. The second-order valence-electron chi connectivity index (χ2n) is 4.22. The molecule has 0 fully saturated rings. The molecule has 1 aliphatic heterocycles. The van der Waals surface area contributed by atoms with Gasteiger partial charge >= 0.3 is 5.97 Å². The maximum atomic E-state index is 10.4. The highest BCUT2D eigenvalue weighted by Gasteiger charge is 2.20. The molecule has 0 bridgehead atoms. The summed E-state index contributed by atoms with van der Waals surface area (Å²) in [5, 5.41) is 11.7. The number of aliphatic carboxylic acids is 1. The summed E-state index contributed by atoms with van der Waals surface area (Å²) in [5.74, 6) is 0.627. The third-order valence-electron chi connectivity index (χ3n) is 2.99. The van der Waals surface area contributed by atoms with Crippen LogP contribution >= 0.6 is 0 Å². The second-order valence-corrected chi connectivity index (χ2v) is 4.22. The highest BCUT2D eigenvalue weighted by atomic mass is 16.5. The summed E-state index contributed by atoms with van der Waals surface area (Å²) in [4.78, 5) is 10.4. The van der Waals surface area contributed by atoms with E-state index in [2.05, 4.69) is 11.4 Å². The Morgan fingerprint density at radius 1 is 1.47 bits per heavy atom. The van der Waals surface area contributed by atoms with Gasteiger partial charge in [-0.15, -0.1) is 0 Å². The number of hydrogen-bond acceptors (Lipinski definition) is 3. The van der Waals surface area contributed by atoms with Crippen LogP contribution in [0.3, 0.4) is 0 Å². The number of carboxylic acid groups (broad SMARTS) is 1. The normalized spacial score (nSPS) is 18.2. The van der Waals surface area contributed by atoms with Gasteiger partial charge in [-0.25, -0.2) is 0 Å². The minimum absolute atomic E-state index is 0.171. The number of carbonyl (C=O) groups is 1. The van der Waals surface area contributed by atoms with Crippen molar-refractivity contribution in [1.82, 2.24) is 5.32 Å². The predicted octanol–water partition coefficient (Wildman–Crippen LogP) is 1.62. The van der Waals surface area contributed by atoms with E-state index < -0.39 is 5.97 Å². The van der Waals surface area contributed by atoms with Gasteiger partial charge in [0.15, 0.2) is 0 Å². The fourth-order valence-corrected chi connectivity index (χ4v) is 2.10. The van der Waals surface area contributed by atoms with Gasteiger partial charge in [-0.3, -0.25) is 4.79 Å². The van der Waals surface area contributed by atoms with Crippen LogP contribution in [0.1, 0.15) is 24.3 Å². The maximum Gasteiger partial charge on any atom is 0.304 e. The summed E-state index contributed by atoms with van der Waals surface area (Å²) < 4.78 is 5.58. The number of fused-ring (bicyclic) bond motifs is 1. The van der Waals surface area contributed by atoms with E-state index in [0.717, 1.165) is 25.3 Å². The summed E-state index contributed by atoms with van der Waals surface area (Å²) in [7, 11) is 0. The molecule has 0 saturated heterocycles. The molecular weight excluding hydrogens is 218 g/mol. The molecule has 0 radical (unpaired) electrons. The van der Waals surface area contributed by atoms with Crippen LogP contribution in [0.4, 0.5) is 0 Å². The molecule has 0 amide bonds. The van der Waals surface area contributed by atoms with Crippen LogP contribution in [0.15, 0.2) is 24.3 Å². The van der Waals surface area contributed by atoms with E-state index in [4.69, 9.17) is 9.84 Å². The van der Waals surface area contributed by atoms with Crippen molar-refractivity contribution in [3.8, 4) is 5.75 Å². The molecule has 17 heavy (non-hydrogen) atoms. The van der Waals surface area contributed by atoms with Crippen molar-refractivity contribution >= 4 is 5.97 Å². The first kappa shape index (κ1) is 11.9. The molecule has 1 aromatic carbocycles. The minimum atomic E-state index is -0.759. The zero-order chi connectivity index (χ0) is 12.1. The van der Waals surface area contributed by atoms with Crippen molar-refractivity contribution in [3.63, 3.8) is 0 Å². The Balaban J connectivity index is 1.88. The van der Waals surface area contributed by atoms with E-state index in [-0.39, 0.29) is 6.42 Å². The van der Waals surface area contributed by atoms with Gasteiger partial charge in [0.2, 0.25) is 0 Å². The van der Waals surface area contributed by atoms with Gasteiger partial charge in [0.05, 0.1) is 13.0 Å². The molecule has 1 atom stereocenters. The van der Waals surface area contributed by atoms with Gasteiger partial charge in [0, 0.05) is 19.0 Å². The fourth-order valence-electron chi connectivity index (χ4n) is 2.10. The molecule has 0 spiro atoms. The molecule has 1 unspecified atom stereocenters. The molecule has 92 valence electrons. The predicted molar refractivity (Wildman–Crippen MR) is 64.4 cm³/mol. The minimum Gasteiger partial charge on any atom is -0.493 e. The first-order valence-corrected chi connectivity index (χ1v) is 5.91. The number of carboxylic acids is 1. The highest BCUT2D eigenvalue weighted by molar-refractivity contribution is 5.66. The van der Waals surface area contributed by atoms with E-state index in [9.17, 15) is 4.79 Å². The molecule has 4 nitrogen and oxygen atoms in total. The van der Waals surface area contributed by atoms with Gasteiger partial charge in [-0.05, 0) is 18.1 Å². The van der Waals surface area contributed by atoms with Crippen LogP contribution < -0.4 is 10.1 Å². The summed E-state index contributed by atoms with van der Waals surface area (Å²) in [5.41, 5.74) is 1.22. The molecule has 1 aromatic rings. The van der Waals surface area contributed by atoms with Crippen molar-refractivity contribution in [2.75, 3.05) is 19.7 Å². The van der Waals surface area contributed by atoms with Crippen LogP contribution in [-0.2, 0) is 4.79 Å². The Labute approximate surface area is 101 Å². The number of ether oxygens (including phenoxy) is 1. The Kier molecular flexibility index (Phi) is 3.98. The Bertz CT molecular complexity index is 392. The standard InChI is InChI=1S/C13H17NO3/c15-13(16)5-7-14-9-10-6-8-17-12-4-2-1-3-11(10)12/h1-4,10,14H,5-9H2,(H,15,16). The lowest BCUT2D eigenvalue weighted by molar-refractivity contribution is -0.136. The van der Waals surface area contributed by atoms with Crippen LogP contribution in [0.2, 0.25) is 0 Å². The van der Waals surface area contributed by atoms with E-state index in [1.807, 2.05) is 18.2 Å². The van der Waals surface area contributed by atoms with Crippen LogP contribution in [0.25, 0.3) is 0 Å². The topological polar surface area (TPSA) is 58.6 Å². The van der Waals surface area contributed by atoms with Crippen molar-refractivity contribution in [3.05, 3.63) is 29.8 Å². The lowest BCUT2D eigenvalue weighted by Gasteiger charge is -2.26. The first-order valence-electron chi connectivity index (χ1n) is 5.91. The fraction of sp³-hybridized carbons (Fsp3) is 0.462. The van der Waals surface area contributed by atoms with Crippen LogP contribution in [0, 0.1) is 0 Å². The molecule has 4 heteroatoms. The Hall–Kier alpha value is -1.55. The molecule has 0 aliphatic carbocycles. The summed E-state index contributed by atoms with van der Waals surface area (Å²) >= 11 is 0. The van der Waals surface area contributed by atoms with Gasteiger partial charge in [0.1, 0.15) is 5.75 Å². The number of para-hydroxylation sites is 1. The van der Waals surface area contributed by atoms with E-state index in [1.165, 1.54) is 5.56 Å². The molecule has 2 N–H and O–H groups in total. The number of nitrogens with one attached hydrogen (secondary N) is 1. The molecule has 2 rings (SSSR count). The summed E-state index contributed by atoms with van der Waals surface area (Å²) in [6.45, 7) is 2.07. The summed E-state index contributed by atoms with van der Waals surface area (Å²) in [6.07, 6.45) is 1.15.